The second-order valence-electron chi connectivity index (χ2n) is 12.0. The van der Waals surface area contributed by atoms with E-state index in [9.17, 15) is 14.4 Å². The molecule has 6 heterocycles. The molecule has 12 nitrogen and oxygen atoms in total. The van der Waals surface area contributed by atoms with E-state index in [0.29, 0.717) is 61.0 Å². The maximum absolute atomic E-state index is 13.0. The highest BCUT2D eigenvalue weighted by Crippen LogP contribution is 2.49. The van der Waals surface area contributed by atoms with Crippen molar-refractivity contribution in [1.82, 2.24) is 14.5 Å². The van der Waals surface area contributed by atoms with Gasteiger partial charge in [0, 0.05) is 31.6 Å². The lowest BCUT2D eigenvalue weighted by Gasteiger charge is -2.56. The number of halogens is 1. The number of aromatic nitrogens is 3. The van der Waals surface area contributed by atoms with Gasteiger partial charge in [-0.05, 0) is 56.7 Å². The number of ether oxygens (including phenoxy) is 3. The summed E-state index contributed by atoms with van der Waals surface area (Å²) in [5, 5.41) is 11.9. The topological polar surface area (TPSA) is 145 Å². The van der Waals surface area contributed by atoms with Crippen molar-refractivity contribution in [3.8, 4) is 11.5 Å². The Bertz CT molecular complexity index is 1620. The molecule has 4 fully saturated rings. The van der Waals surface area contributed by atoms with E-state index in [0.717, 1.165) is 31.5 Å². The quantitative estimate of drug-likeness (QED) is 0.370. The number of nitrogens with zero attached hydrogens (tertiary/aromatic N) is 4. The van der Waals surface area contributed by atoms with Crippen molar-refractivity contribution in [3.63, 3.8) is 0 Å². The van der Waals surface area contributed by atoms with Crippen LogP contribution in [0, 0.1) is 11.8 Å². The number of pyridine rings is 3. The van der Waals surface area contributed by atoms with Crippen LogP contribution < -0.4 is 25.2 Å². The predicted octanol–water partition coefficient (Wildman–Crippen LogP) is 3.25. The highest BCUT2D eigenvalue weighted by atomic mass is 35.5. The number of carbonyl (C=O) groups excluding carboxylic acids is 1. The van der Waals surface area contributed by atoms with Gasteiger partial charge < -0.3 is 34.1 Å². The molecule has 2 atom stereocenters. The molecule has 0 aromatic carbocycles. The fourth-order valence-corrected chi connectivity index (χ4v) is 6.60. The maximum atomic E-state index is 13.0. The molecule has 3 aromatic heterocycles. The van der Waals surface area contributed by atoms with E-state index >= 15 is 0 Å². The van der Waals surface area contributed by atoms with Crippen molar-refractivity contribution in [2.45, 2.75) is 56.2 Å². The minimum Gasteiger partial charge on any atom is -0.492 e. The van der Waals surface area contributed by atoms with E-state index in [1.165, 1.54) is 6.07 Å². The second-order valence-corrected chi connectivity index (χ2v) is 12.0. The van der Waals surface area contributed by atoms with Gasteiger partial charge in [0.05, 0.1) is 47.5 Å². The van der Waals surface area contributed by atoms with Crippen LogP contribution in [0.5, 0.6) is 11.5 Å². The molecule has 0 radical (unpaired) electrons. The molecule has 2 aliphatic carbocycles. The third-order valence-corrected chi connectivity index (χ3v) is 9.56. The van der Waals surface area contributed by atoms with Crippen LogP contribution in [-0.4, -0.2) is 69.5 Å². The van der Waals surface area contributed by atoms with E-state index < -0.39 is 5.97 Å². The van der Waals surface area contributed by atoms with Crippen molar-refractivity contribution in [3.05, 3.63) is 46.9 Å². The number of aryl methyl sites for hydroxylation is 1. The first-order valence-electron chi connectivity index (χ1n) is 14.4. The number of nitrogens with one attached hydrogen (secondary N) is 1. The average molecular weight is 612 g/mol. The van der Waals surface area contributed by atoms with Crippen LogP contribution in [0.3, 0.4) is 0 Å². The maximum Gasteiger partial charge on any atom is 0.306 e. The van der Waals surface area contributed by atoms with Gasteiger partial charge in [0.2, 0.25) is 0 Å². The lowest BCUT2D eigenvalue weighted by Crippen LogP contribution is -2.62. The zero-order valence-electron chi connectivity index (χ0n) is 23.8. The van der Waals surface area contributed by atoms with Crippen LogP contribution in [0.1, 0.15) is 38.5 Å². The Morgan fingerprint density at radius 2 is 2.02 bits per heavy atom. The fraction of sp³-hybridized carbons (Fsp3) is 0.500. The SMILES string of the molecule is CN(c1ccc2c(n1)NC(=O)CO2)C12CCC(CCn3c(=O)ccc4ncc(OCC5CC5C(=O)O)cc43)(CC1)OC2.Cl. The molecule has 3 aliphatic heterocycles. The molecule has 2 unspecified atom stereocenters. The number of hydrogen-bond donors (Lipinski definition) is 2. The fourth-order valence-electron chi connectivity index (χ4n) is 6.60. The lowest BCUT2D eigenvalue weighted by atomic mass is 9.69. The second kappa shape index (κ2) is 11.0. The first-order chi connectivity index (χ1) is 20.2. The summed E-state index contributed by atoms with van der Waals surface area (Å²) in [6.45, 7) is 1.35. The standard InChI is InChI=1S/C30H33N5O7.ClH/c1-34(24-4-3-23-27(32-24)33-25(36)16-41-23)29-6-8-30(9-7-29,42-17-29)10-11-35-22-13-19(14-31-21(22)2-5-26(35)37)40-15-18-12-20(18)28(38)39;/h2-5,13-14,18,20H,6-12,15-17H2,1H3,(H,38,39)(H,32,33,36);1H. The van der Waals surface area contributed by atoms with Gasteiger partial charge in [-0.3, -0.25) is 19.4 Å². The molecule has 2 saturated heterocycles. The minimum atomic E-state index is -0.787. The number of likely N-dealkylation sites (N-methyl/N-ethyl adjacent to an activating group) is 1. The molecule has 3 aromatic rings. The van der Waals surface area contributed by atoms with Crippen molar-refractivity contribution in [2.24, 2.45) is 11.8 Å². The molecule has 5 aliphatic rings. The summed E-state index contributed by atoms with van der Waals surface area (Å²) in [5.74, 6) is 0.955. The van der Waals surface area contributed by atoms with Gasteiger partial charge in [0.15, 0.2) is 18.2 Å². The summed E-state index contributed by atoms with van der Waals surface area (Å²) >= 11 is 0. The number of carbonyl (C=O) groups is 2. The van der Waals surface area contributed by atoms with Crippen molar-refractivity contribution in [1.29, 1.82) is 0 Å². The molecule has 8 rings (SSSR count). The number of rotatable bonds is 9. The van der Waals surface area contributed by atoms with Crippen molar-refractivity contribution < 1.29 is 28.9 Å². The molecule has 1 amide bonds. The number of anilines is 2. The molecule has 228 valence electrons. The summed E-state index contributed by atoms with van der Waals surface area (Å²) in [4.78, 5) is 47.2. The van der Waals surface area contributed by atoms with Gasteiger partial charge in [-0.15, -0.1) is 12.4 Å². The Labute approximate surface area is 253 Å². The van der Waals surface area contributed by atoms with E-state index in [4.69, 9.17) is 19.3 Å². The van der Waals surface area contributed by atoms with E-state index in [1.54, 1.807) is 16.8 Å². The molecular weight excluding hydrogens is 578 g/mol. The Morgan fingerprint density at radius 3 is 2.74 bits per heavy atom. The summed E-state index contributed by atoms with van der Waals surface area (Å²) in [7, 11) is 2.02. The number of aliphatic carboxylic acids is 1. The average Bonchev–Trinajstić information content (AvgIpc) is 3.80. The minimum absolute atomic E-state index is 0. The van der Waals surface area contributed by atoms with Crippen molar-refractivity contribution in [2.75, 3.05) is 37.1 Å². The van der Waals surface area contributed by atoms with E-state index in [1.807, 2.05) is 25.2 Å². The van der Waals surface area contributed by atoms with Crippen LogP contribution in [0.15, 0.2) is 41.3 Å². The van der Waals surface area contributed by atoms with Gasteiger partial charge in [-0.25, -0.2) is 4.98 Å². The van der Waals surface area contributed by atoms with Gasteiger partial charge >= 0.3 is 5.97 Å². The van der Waals surface area contributed by atoms with Crippen molar-refractivity contribution >= 4 is 47.0 Å². The molecule has 2 N–H and O–H groups in total. The van der Waals surface area contributed by atoms with Gasteiger partial charge in [-0.2, -0.15) is 0 Å². The smallest absolute Gasteiger partial charge is 0.306 e. The monoisotopic (exact) mass is 611 g/mol. The normalized spacial score (nSPS) is 27.0. The molecular formula is C30H34ClN5O7. The summed E-state index contributed by atoms with van der Waals surface area (Å²) < 4.78 is 19.6. The number of amides is 1. The zero-order valence-corrected chi connectivity index (χ0v) is 24.6. The summed E-state index contributed by atoms with van der Waals surface area (Å²) in [6, 6.07) is 8.83. The van der Waals surface area contributed by atoms with Crippen LogP contribution in [0.4, 0.5) is 11.6 Å². The number of fused-ring (bicyclic) bond motifs is 5. The molecule has 43 heavy (non-hydrogen) atoms. The Hall–Kier alpha value is -3.90. The first kappa shape index (κ1) is 29.2. The highest BCUT2D eigenvalue weighted by molar-refractivity contribution is 5.94. The van der Waals surface area contributed by atoms with Gasteiger partial charge in [-0.1, -0.05) is 0 Å². The van der Waals surface area contributed by atoms with Gasteiger partial charge in [0.25, 0.3) is 11.5 Å². The zero-order chi connectivity index (χ0) is 29.1. The van der Waals surface area contributed by atoms with E-state index in [2.05, 4.69) is 20.2 Å². The largest absolute Gasteiger partial charge is 0.492 e. The van der Waals surface area contributed by atoms with E-state index in [-0.39, 0.29) is 53.5 Å². The number of carboxylic acids is 1. The summed E-state index contributed by atoms with van der Waals surface area (Å²) in [5.41, 5.74) is 0.769. The predicted molar refractivity (Wildman–Crippen MR) is 159 cm³/mol. The third kappa shape index (κ3) is 5.38. The Balaban J connectivity index is 0.00000329. The molecule has 2 bridgehead atoms. The van der Waals surface area contributed by atoms with Gasteiger partial charge in [0.1, 0.15) is 11.6 Å². The molecule has 2 saturated carbocycles. The van der Waals surface area contributed by atoms with Crippen LogP contribution in [-0.2, 0) is 20.9 Å². The number of carboxylic acid groups (broad SMARTS) is 1. The first-order valence-corrected chi connectivity index (χ1v) is 14.4. The Morgan fingerprint density at radius 1 is 1.21 bits per heavy atom. The van der Waals surface area contributed by atoms with Crippen LogP contribution >= 0.6 is 12.4 Å². The summed E-state index contributed by atoms with van der Waals surface area (Å²) in [6.07, 6.45) is 6.51. The number of hydrogen-bond acceptors (Lipinski definition) is 9. The Kier molecular flexibility index (Phi) is 7.45. The van der Waals surface area contributed by atoms with Crippen LogP contribution in [0.2, 0.25) is 0 Å². The lowest BCUT2D eigenvalue weighted by molar-refractivity contribution is -0.158. The molecule has 13 heteroatoms. The molecule has 0 spiro atoms. The highest BCUT2D eigenvalue weighted by Gasteiger charge is 2.52. The third-order valence-electron chi connectivity index (χ3n) is 9.56. The van der Waals surface area contributed by atoms with Crippen LogP contribution in [0.25, 0.3) is 11.0 Å².